The molecule has 1 aliphatic rings. The lowest BCUT2D eigenvalue weighted by molar-refractivity contribution is 0.0472. The van der Waals surface area contributed by atoms with Crippen molar-refractivity contribution in [3.63, 3.8) is 0 Å². The van der Waals surface area contributed by atoms with Crippen molar-refractivity contribution in [3.8, 4) is 17.2 Å². The molecule has 0 fully saturated rings. The van der Waals surface area contributed by atoms with Crippen LogP contribution in [0.25, 0.3) is 22.6 Å². The van der Waals surface area contributed by atoms with Crippen molar-refractivity contribution in [3.05, 3.63) is 75.8 Å². The summed E-state index contributed by atoms with van der Waals surface area (Å²) in [5.74, 6) is 1.94. The number of aryl methyl sites for hydroxylation is 2. The van der Waals surface area contributed by atoms with Crippen LogP contribution in [-0.2, 0) is 17.8 Å². The molecule has 0 saturated carbocycles. The molecule has 0 aliphatic heterocycles. The summed E-state index contributed by atoms with van der Waals surface area (Å²) in [5, 5.41) is 4.73. The maximum absolute atomic E-state index is 13.5. The Labute approximate surface area is 214 Å². The number of carbonyl (C=O) groups excluding carboxylic acids is 1. The zero-order valence-electron chi connectivity index (χ0n) is 21.5. The van der Waals surface area contributed by atoms with Gasteiger partial charge in [-0.2, -0.15) is 0 Å². The summed E-state index contributed by atoms with van der Waals surface area (Å²) in [6.45, 7) is 3.74. The number of nitrogens with zero attached hydrogens (tertiary/aromatic N) is 2. The zero-order valence-corrected chi connectivity index (χ0v) is 21.5. The summed E-state index contributed by atoms with van der Waals surface area (Å²) in [6.07, 6.45) is 3.47. The second-order valence-electron chi connectivity index (χ2n) is 8.84. The van der Waals surface area contributed by atoms with E-state index >= 15 is 0 Å². The number of fused-ring (bicyclic) bond motifs is 2. The molecule has 0 N–H and O–H groups in total. The molecular weight excluding hydrogens is 472 g/mol. The second kappa shape index (κ2) is 9.97. The summed E-state index contributed by atoms with van der Waals surface area (Å²) in [4.78, 5) is 18.4. The molecule has 37 heavy (non-hydrogen) atoms. The first-order valence-corrected chi connectivity index (χ1v) is 12.0. The highest BCUT2D eigenvalue weighted by molar-refractivity contribution is 6.07. The van der Waals surface area contributed by atoms with Gasteiger partial charge in [-0.25, -0.2) is 9.78 Å². The number of carbonyl (C=O) groups is 1. The molecule has 1 aliphatic carbocycles. The Kier molecular flexibility index (Phi) is 6.56. The van der Waals surface area contributed by atoms with Crippen LogP contribution in [0, 0.1) is 13.8 Å². The lowest BCUT2D eigenvalue weighted by Crippen LogP contribution is -2.11. The fraction of sp³-hybridized carbons (Fsp3) is 0.276. The van der Waals surface area contributed by atoms with Crippen molar-refractivity contribution in [2.24, 2.45) is 0 Å². The molecule has 190 valence electrons. The van der Waals surface area contributed by atoms with Crippen LogP contribution in [0.1, 0.15) is 50.6 Å². The van der Waals surface area contributed by atoms with Crippen molar-refractivity contribution in [1.82, 2.24) is 10.1 Å². The van der Waals surface area contributed by atoms with Gasteiger partial charge in [0.2, 0.25) is 5.75 Å². The maximum atomic E-state index is 13.5. The molecule has 0 spiro atoms. The van der Waals surface area contributed by atoms with Gasteiger partial charge in [-0.1, -0.05) is 23.4 Å². The molecule has 0 amide bonds. The third-order valence-electron chi connectivity index (χ3n) is 6.70. The number of hydrogen-bond acceptors (Lipinski definition) is 8. The highest BCUT2D eigenvalue weighted by Gasteiger charge is 2.28. The average molecular weight is 501 g/mol. The first-order chi connectivity index (χ1) is 17.9. The minimum Gasteiger partial charge on any atom is -0.493 e. The van der Waals surface area contributed by atoms with E-state index in [0.29, 0.717) is 40.7 Å². The van der Waals surface area contributed by atoms with Crippen molar-refractivity contribution in [2.75, 3.05) is 21.3 Å². The smallest absolute Gasteiger partial charge is 0.339 e. The number of rotatable bonds is 7. The van der Waals surface area contributed by atoms with E-state index in [1.165, 1.54) is 0 Å². The quantitative estimate of drug-likeness (QED) is 0.298. The standard InChI is InChI=1S/C29H28N2O6/c1-16-22(17(2)37-31-16)15-36-29(32)26-20-8-6-7-9-23(20)30-27-19(10-11-21(26)27)12-18-13-24(33-3)28(35-5)25(14-18)34-4/h6-9,12-14H,10-11,15H2,1-5H3/b19-12-. The van der Waals surface area contributed by atoms with E-state index in [1.54, 1.807) is 21.3 Å². The van der Waals surface area contributed by atoms with Crippen LogP contribution in [0.2, 0.25) is 0 Å². The Hall–Kier alpha value is -4.33. The van der Waals surface area contributed by atoms with Gasteiger partial charge in [0.15, 0.2) is 11.5 Å². The maximum Gasteiger partial charge on any atom is 0.339 e. The first kappa shape index (κ1) is 24.4. The SMILES string of the molecule is COc1cc(/C=C2/CCc3c2nc2ccccc2c3C(=O)OCc2c(C)noc2C)cc(OC)c1OC. The molecule has 0 atom stereocenters. The first-order valence-electron chi connectivity index (χ1n) is 12.0. The van der Waals surface area contributed by atoms with E-state index in [-0.39, 0.29) is 12.6 Å². The monoisotopic (exact) mass is 500 g/mol. The summed E-state index contributed by atoms with van der Waals surface area (Å²) in [7, 11) is 4.76. The van der Waals surface area contributed by atoms with Crippen LogP contribution >= 0.6 is 0 Å². The molecule has 2 aromatic carbocycles. The molecule has 8 heteroatoms. The summed E-state index contributed by atoms with van der Waals surface area (Å²) >= 11 is 0. The van der Waals surface area contributed by atoms with Crippen molar-refractivity contribution in [1.29, 1.82) is 0 Å². The number of aromatic nitrogens is 2. The molecule has 4 aromatic rings. The third-order valence-corrected chi connectivity index (χ3v) is 6.70. The molecule has 0 radical (unpaired) electrons. The summed E-state index contributed by atoms with van der Waals surface area (Å²) in [6, 6.07) is 11.4. The van der Waals surface area contributed by atoms with Crippen molar-refractivity contribution in [2.45, 2.75) is 33.3 Å². The van der Waals surface area contributed by atoms with E-state index in [4.69, 9.17) is 28.5 Å². The minimum absolute atomic E-state index is 0.0968. The van der Waals surface area contributed by atoms with E-state index in [0.717, 1.165) is 45.3 Å². The molecule has 2 heterocycles. The molecule has 2 aromatic heterocycles. The Morgan fingerprint density at radius 2 is 1.76 bits per heavy atom. The second-order valence-corrected chi connectivity index (χ2v) is 8.84. The van der Waals surface area contributed by atoms with Crippen LogP contribution in [0.4, 0.5) is 0 Å². The van der Waals surface area contributed by atoms with Crippen LogP contribution in [0.15, 0.2) is 40.9 Å². The van der Waals surface area contributed by atoms with Gasteiger partial charge < -0.3 is 23.5 Å². The molecule has 8 nitrogen and oxygen atoms in total. The fourth-order valence-corrected chi connectivity index (χ4v) is 4.82. The number of allylic oxidation sites excluding steroid dienone is 1. The van der Waals surface area contributed by atoms with Gasteiger partial charge in [-0.05, 0) is 67.7 Å². The van der Waals surface area contributed by atoms with Crippen molar-refractivity contribution < 1.29 is 28.3 Å². The Morgan fingerprint density at radius 3 is 2.41 bits per heavy atom. The van der Waals surface area contributed by atoms with Gasteiger partial charge in [0, 0.05) is 5.39 Å². The topological polar surface area (TPSA) is 92.9 Å². The Bertz CT molecular complexity index is 1490. The minimum atomic E-state index is -0.385. The van der Waals surface area contributed by atoms with E-state index in [1.807, 2.05) is 50.2 Å². The van der Waals surface area contributed by atoms with Crippen molar-refractivity contribution >= 4 is 28.5 Å². The van der Waals surface area contributed by atoms with Gasteiger partial charge in [0.25, 0.3) is 0 Å². The van der Waals surface area contributed by atoms with E-state index in [9.17, 15) is 4.79 Å². The third kappa shape index (κ3) is 4.39. The molecule has 0 saturated heterocycles. The van der Waals surface area contributed by atoms with Crippen LogP contribution in [0.3, 0.4) is 0 Å². The summed E-state index contributed by atoms with van der Waals surface area (Å²) < 4.78 is 27.5. The highest BCUT2D eigenvalue weighted by Crippen LogP contribution is 2.41. The van der Waals surface area contributed by atoms with Crippen LogP contribution in [-0.4, -0.2) is 37.4 Å². The number of hydrogen-bond donors (Lipinski definition) is 0. The lowest BCUT2D eigenvalue weighted by atomic mass is 10.0. The van der Waals surface area contributed by atoms with Crippen LogP contribution < -0.4 is 14.2 Å². The predicted octanol–water partition coefficient (Wildman–Crippen LogP) is 5.71. The fourth-order valence-electron chi connectivity index (χ4n) is 4.82. The lowest BCUT2D eigenvalue weighted by Gasteiger charge is -2.14. The van der Waals surface area contributed by atoms with Gasteiger partial charge in [-0.15, -0.1) is 0 Å². The molecule has 0 unspecified atom stereocenters. The van der Waals surface area contributed by atoms with Gasteiger partial charge >= 0.3 is 5.97 Å². The normalized spacial score (nSPS) is 13.6. The van der Waals surface area contributed by atoms with Gasteiger partial charge in [0.05, 0.1) is 49.4 Å². The van der Waals surface area contributed by atoms with Gasteiger partial charge in [-0.3, -0.25) is 0 Å². The van der Waals surface area contributed by atoms with Crippen LogP contribution in [0.5, 0.6) is 17.2 Å². The van der Waals surface area contributed by atoms with E-state index < -0.39 is 0 Å². The number of esters is 1. The van der Waals surface area contributed by atoms with Gasteiger partial charge in [0.1, 0.15) is 12.4 Å². The number of benzene rings is 2. The average Bonchev–Trinajstić information content (AvgIpc) is 3.46. The number of pyridine rings is 1. The highest BCUT2D eigenvalue weighted by atomic mass is 16.5. The molecule has 0 bridgehead atoms. The Balaban J connectivity index is 1.57. The zero-order chi connectivity index (χ0) is 26.1. The molecule has 5 rings (SSSR count). The number of para-hydroxylation sites is 1. The summed E-state index contributed by atoms with van der Waals surface area (Å²) in [5.41, 5.74) is 6.39. The molecular formula is C29H28N2O6. The van der Waals surface area contributed by atoms with E-state index in [2.05, 4.69) is 11.2 Å². The largest absolute Gasteiger partial charge is 0.493 e. The Morgan fingerprint density at radius 1 is 1.03 bits per heavy atom. The number of methoxy groups -OCH3 is 3. The number of ether oxygens (including phenoxy) is 4. The predicted molar refractivity (Wildman–Crippen MR) is 139 cm³/mol.